The third-order valence-corrected chi connectivity index (χ3v) is 2.45. The zero-order chi connectivity index (χ0) is 10.1. The molecule has 3 heteroatoms. The lowest BCUT2D eigenvalue weighted by Gasteiger charge is -1.99. The molecule has 1 aromatic heterocycles. The molecule has 0 bridgehead atoms. The first kappa shape index (κ1) is 8.94. The molecule has 0 atom stereocenters. The van der Waals surface area contributed by atoms with Crippen LogP contribution in [0.3, 0.4) is 0 Å². The summed E-state index contributed by atoms with van der Waals surface area (Å²) >= 11 is 0. The second-order valence-corrected chi connectivity index (χ2v) is 3.57. The number of H-pyrrole nitrogens is 1. The minimum atomic E-state index is 0.652. The van der Waals surface area contributed by atoms with Crippen LogP contribution in [0.5, 0.6) is 0 Å². The van der Waals surface area contributed by atoms with E-state index in [2.05, 4.69) is 18.0 Å². The minimum Gasteiger partial charge on any atom is -0.397 e. The number of anilines is 2. The highest BCUT2D eigenvalue weighted by Gasteiger charge is 2.05. The Labute approximate surface area is 83.1 Å². The third-order valence-electron chi connectivity index (χ3n) is 2.45. The van der Waals surface area contributed by atoms with Crippen molar-refractivity contribution >= 4 is 22.3 Å². The van der Waals surface area contributed by atoms with Gasteiger partial charge in [-0.25, -0.2) is 0 Å². The van der Waals surface area contributed by atoms with E-state index in [1.54, 1.807) is 0 Å². The number of benzene rings is 1. The lowest BCUT2D eigenvalue weighted by Crippen LogP contribution is -1.93. The molecule has 3 nitrogen and oxygen atoms in total. The Morgan fingerprint density at radius 3 is 2.79 bits per heavy atom. The highest BCUT2D eigenvalue weighted by atomic mass is 14.7. The summed E-state index contributed by atoms with van der Waals surface area (Å²) in [6.45, 7) is 2.16. The van der Waals surface area contributed by atoms with Crippen molar-refractivity contribution in [2.24, 2.45) is 0 Å². The Balaban J connectivity index is 2.59. The van der Waals surface area contributed by atoms with Gasteiger partial charge in [-0.05, 0) is 24.6 Å². The number of nitrogens with one attached hydrogen (secondary N) is 1. The molecule has 0 aliphatic rings. The lowest BCUT2D eigenvalue weighted by atomic mass is 10.2. The van der Waals surface area contributed by atoms with Crippen LogP contribution in [0.15, 0.2) is 18.2 Å². The van der Waals surface area contributed by atoms with Crippen molar-refractivity contribution in [2.45, 2.75) is 19.8 Å². The standard InChI is InChI=1S/C11H15N3/c1-2-3-7-6-8-10(14-7)5-4-9(12)11(8)13/h4-6,14H,2-3,12-13H2,1H3. The largest absolute Gasteiger partial charge is 0.397 e. The van der Waals surface area contributed by atoms with Gasteiger partial charge in [0.05, 0.1) is 11.4 Å². The summed E-state index contributed by atoms with van der Waals surface area (Å²) in [4.78, 5) is 3.33. The van der Waals surface area contributed by atoms with Gasteiger partial charge in [-0.2, -0.15) is 0 Å². The lowest BCUT2D eigenvalue weighted by molar-refractivity contribution is 0.896. The normalized spacial score (nSPS) is 10.9. The maximum Gasteiger partial charge on any atom is 0.0643 e. The zero-order valence-corrected chi connectivity index (χ0v) is 8.30. The second-order valence-electron chi connectivity index (χ2n) is 3.57. The summed E-state index contributed by atoms with van der Waals surface area (Å²) in [5, 5.41) is 1.04. The van der Waals surface area contributed by atoms with Gasteiger partial charge in [-0.1, -0.05) is 13.3 Å². The molecule has 14 heavy (non-hydrogen) atoms. The van der Waals surface area contributed by atoms with E-state index in [1.165, 1.54) is 5.69 Å². The fourth-order valence-corrected chi connectivity index (χ4v) is 1.71. The Bertz CT molecular complexity index is 457. The Morgan fingerprint density at radius 1 is 1.29 bits per heavy atom. The number of hydrogen-bond acceptors (Lipinski definition) is 2. The van der Waals surface area contributed by atoms with E-state index in [0.29, 0.717) is 11.4 Å². The summed E-state index contributed by atoms with van der Waals surface area (Å²) in [6, 6.07) is 5.90. The predicted molar refractivity (Wildman–Crippen MR) is 61.1 cm³/mol. The fourth-order valence-electron chi connectivity index (χ4n) is 1.71. The molecular formula is C11H15N3. The van der Waals surface area contributed by atoms with Crippen LogP contribution in [0, 0.1) is 0 Å². The monoisotopic (exact) mass is 189 g/mol. The van der Waals surface area contributed by atoms with Crippen molar-refractivity contribution in [2.75, 3.05) is 11.5 Å². The minimum absolute atomic E-state index is 0.652. The van der Waals surface area contributed by atoms with Crippen molar-refractivity contribution in [3.8, 4) is 0 Å². The maximum atomic E-state index is 5.88. The molecule has 0 amide bonds. The predicted octanol–water partition coefficient (Wildman–Crippen LogP) is 2.28. The number of nitrogen functional groups attached to an aromatic ring is 2. The van der Waals surface area contributed by atoms with E-state index in [0.717, 1.165) is 23.7 Å². The number of aryl methyl sites for hydroxylation is 1. The van der Waals surface area contributed by atoms with Crippen LogP contribution in [0.4, 0.5) is 11.4 Å². The molecule has 0 radical (unpaired) electrons. The van der Waals surface area contributed by atoms with Crippen LogP contribution in [-0.4, -0.2) is 4.98 Å². The number of aromatic nitrogens is 1. The molecule has 0 aliphatic carbocycles. The van der Waals surface area contributed by atoms with Gasteiger partial charge in [0.15, 0.2) is 0 Å². The molecule has 2 rings (SSSR count). The summed E-state index contributed by atoms with van der Waals surface area (Å²) in [7, 11) is 0. The first-order valence-corrected chi connectivity index (χ1v) is 4.88. The molecule has 0 fully saturated rings. The van der Waals surface area contributed by atoms with Crippen molar-refractivity contribution in [1.29, 1.82) is 0 Å². The van der Waals surface area contributed by atoms with Crippen LogP contribution in [0.1, 0.15) is 19.0 Å². The molecule has 1 heterocycles. The second kappa shape index (κ2) is 3.25. The molecule has 0 saturated carbocycles. The maximum absolute atomic E-state index is 5.88. The molecule has 74 valence electrons. The van der Waals surface area contributed by atoms with E-state index in [-0.39, 0.29) is 0 Å². The Hall–Kier alpha value is -1.64. The van der Waals surface area contributed by atoms with Gasteiger partial charge < -0.3 is 16.5 Å². The van der Waals surface area contributed by atoms with Crippen LogP contribution in [0.25, 0.3) is 10.9 Å². The van der Waals surface area contributed by atoms with Gasteiger partial charge in [0, 0.05) is 16.6 Å². The topological polar surface area (TPSA) is 67.8 Å². The van der Waals surface area contributed by atoms with Gasteiger partial charge in [0.2, 0.25) is 0 Å². The highest BCUT2D eigenvalue weighted by molar-refractivity contribution is 5.97. The van der Waals surface area contributed by atoms with Gasteiger partial charge in [-0.15, -0.1) is 0 Å². The van der Waals surface area contributed by atoms with E-state index >= 15 is 0 Å². The summed E-state index contributed by atoms with van der Waals surface area (Å²) < 4.78 is 0. The number of fused-ring (bicyclic) bond motifs is 1. The zero-order valence-electron chi connectivity index (χ0n) is 8.30. The first-order valence-electron chi connectivity index (χ1n) is 4.88. The molecule has 0 aliphatic heterocycles. The van der Waals surface area contributed by atoms with E-state index < -0.39 is 0 Å². The van der Waals surface area contributed by atoms with E-state index in [1.807, 2.05) is 12.1 Å². The number of hydrogen-bond donors (Lipinski definition) is 3. The van der Waals surface area contributed by atoms with Gasteiger partial charge in [0.1, 0.15) is 0 Å². The van der Waals surface area contributed by atoms with Gasteiger partial charge >= 0.3 is 0 Å². The summed E-state index contributed by atoms with van der Waals surface area (Å²) in [5.74, 6) is 0. The SMILES string of the molecule is CCCc1cc2c(N)c(N)ccc2[nH]1. The van der Waals surface area contributed by atoms with E-state index in [9.17, 15) is 0 Å². The van der Waals surface area contributed by atoms with Gasteiger partial charge in [-0.3, -0.25) is 0 Å². The number of aromatic amines is 1. The highest BCUT2D eigenvalue weighted by Crippen LogP contribution is 2.27. The first-order chi connectivity index (χ1) is 6.72. The van der Waals surface area contributed by atoms with Crippen molar-refractivity contribution < 1.29 is 0 Å². The van der Waals surface area contributed by atoms with Crippen LogP contribution >= 0.6 is 0 Å². The molecule has 1 aromatic carbocycles. The molecule has 0 unspecified atom stereocenters. The Kier molecular flexibility index (Phi) is 2.08. The average molecular weight is 189 g/mol. The van der Waals surface area contributed by atoms with Crippen LogP contribution < -0.4 is 11.5 Å². The number of rotatable bonds is 2. The van der Waals surface area contributed by atoms with Crippen LogP contribution in [-0.2, 0) is 6.42 Å². The van der Waals surface area contributed by atoms with Crippen molar-refractivity contribution in [3.05, 3.63) is 23.9 Å². The summed E-state index contributed by atoms with van der Waals surface area (Å²) in [5.41, 5.74) is 15.2. The van der Waals surface area contributed by atoms with E-state index in [4.69, 9.17) is 11.5 Å². The smallest absolute Gasteiger partial charge is 0.0643 e. The molecule has 0 spiro atoms. The molecule has 0 saturated heterocycles. The average Bonchev–Trinajstić information content (AvgIpc) is 2.56. The Morgan fingerprint density at radius 2 is 2.07 bits per heavy atom. The molecular weight excluding hydrogens is 174 g/mol. The quantitative estimate of drug-likeness (QED) is 0.634. The van der Waals surface area contributed by atoms with Gasteiger partial charge in [0.25, 0.3) is 0 Å². The number of nitrogens with two attached hydrogens (primary N) is 2. The third kappa shape index (κ3) is 1.31. The summed E-state index contributed by atoms with van der Waals surface area (Å²) in [6.07, 6.45) is 2.18. The molecule has 2 aromatic rings. The van der Waals surface area contributed by atoms with Crippen molar-refractivity contribution in [1.82, 2.24) is 4.98 Å². The fraction of sp³-hybridized carbons (Fsp3) is 0.273. The van der Waals surface area contributed by atoms with Crippen molar-refractivity contribution in [3.63, 3.8) is 0 Å². The molecule has 5 N–H and O–H groups in total. The van der Waals surface area contributed by atoms with Crippen LogP contribution in [0.2, 0.25) is 0 Å².